The molecule has 156 valence electrons. The number of halogens is 3. The van der Waals surface area contributed by atoms with Gasteiger partial charge >= 0.3 is 12.2 Å². The SMILES string of the molecule is CCCC(NC(=O)C1CCN(C(=O)N(C)C)CC1)c1cccc(C(F)(F)F)c1. The van der Waals surface area contributed by atoms with Crippen LogP contribution >= 0.6 is 0 Å². The molecule has 5 nitrogen and oxygen atoms in total. The largest absolute Gasteiger partial charge is 0.416 e. The van der Waals surface area contributed by atoms with Gasteiger partial charge < -0.3 is 15.1 Å². The molecule has 0 radical (unpaired) electrons. The first kappa shape index (κ1) is 22.0. The molecule has 8 heteroatoms. The molecule has 1 aromatic rings. The topological polar surface area (TPSA) is 52.7 Å². The van der Waals surface area contributed by atoms with Crippen LogP contribution in [0.2, 0.25) is 0 Å². The van der Waals surface area contributed by atoms with E-state index >= 15 is 0 Å². The first-order chi connectivity index (χ1) is 13.1. The molecule has 1 aliphatic heterocycles. The Morgan fingerprint density at radius 3 is 2.43 bits per heavy atom. The van der Waals surface area contributed by atoms with Crippen LogP contribution in [0.25, 0.3) is 0 Å². The normalized spacial score (nSPS) is 16.6. The zero-order valence-electron chi connectivity index (χ0n) is 16.6. The highest BCUT2D eigenvalue weighted by molar-refractivity contribution is 5.80. The fourth-order valence-electron chi connectivity index (χ4n) is 3.45. The average molecular weight is 399 g/mol. The van der Waals surface area contributed by atoms with Crippen LogP contribution in [0.5, 0.6) is 0 Å². The third-order valence-electron chi connectivity index (χ3n) is 5.03. The van der Waals surface area contributed by atoms with Gasteiger partial charge in [0, 0.05) is 33.1 Å². The number of urea groups is 1. The predicted molar refractivity (Wildman–Crippen MR) is 101 cm³/mol. The summed E-state index contributed by atoms with van der Waals surface area (Å²) < 4.78 is 39.0. The van der Waals surface area contributed by atoms with Gasteiger partial charge in [-0.25, -0.2) is 4.79 Å². The van der Waals surface area contributed by atoms with E-state index in [-0.39, 0.29) is 17.9 Å². The first-order valence-electron chi connectivity index (χ1n) is 9.57. The van der Waals surface area contributed by atoms with Gasteiger partial charge in [-0.1, -0.05) is 25.5 Å². The predicted octanol–water partition coefficient (Wildman–Crippen LogP) is 4.06. The highest BCUT2D eigenvalue weighted by atomic mass is 19.4. The highest BCUT2D eigenvalue weighted by Gasteiger charge is 2.32. The van der Waals surface area contributed by atoms with Crippen molar-refractivity contribution in [2.45, 2.75) is 44.8 Å². The number of rotatable bonds is 5. The second kappa shape index (κ2) is 9.30. The summed E-state index contributed by atoms with van der Waals surface area (Å²) in [4.78, 5) is 27.9. The van der Waals surface area contributed by atoms with Crippen molar-refractivity contribution in [3.63, 3.8) is 0 Å². The second-order valence-electron chi connectivity index (χ2n) is 7.41. The number of alkyl halides is 3. The molecule has 0 saturated carbocycles. The quantitative estimate of drug-likeness (QED) is 0.812. The third kappa shape index (κ3) is 5.62. The molecule has 1 aromatic carbocycles. The minimum atomic E-state index is -4.41. The number of likely N-dealkylation sites (tertiary alicyclic amines) is 1. The van der Waals surface area contributed by atoms with Crippen molar-refractivity contribution in [2.75, 3.05) is 27.2 Å². The van der Waals surface area contributed by atoms with E-state index in [1.54, 1.807) is 25.1 Å². The fourth-order valence-corrected chi connectivity index (χ4v) is 3.45. The van der Waals surface area contributed by atoms with Crippen LogP contribution < -0.4 is 5.32 Å². The van der Waals surface area contributed by atoms with Crippen molar-refractivity contribution in [1.29, 1.82) is 0 Å². The Morgan fingerprint density at radius 1 is 1.25 bits per heavy atom. The van der Waals surface area contributed by atoms with Crippen molar-refractivity contribution in [3.8, 4) is 0 Å². The Balaban J connectivity index is 2.03. The lowest BCUT2D eigenvalue weighted by molar-refractivity contribution is -0.137. The summed E-state index contributed by atoms with van der Waals surface area (Å²) in [5, 5.41) is 2.93. The molecule has 28 heavy (non-hydrogen) atoms. The number of hydrogen-bond donors (Lipinski definition) is 1. The first-order valence-corrected chi connectivity index (χ1v) is 9.57. The number of piperidine rings is 1. The Bertz CT molecular complexity index is 684. The van der Waals surface area contributed by atoms with Crippen LogP contribution in [0.15, 0.2) is 24.3 Å². The Kier molecular flexibility index (Phi) is 7.32. The van der Waals surface area contributed by atoms with Gasteiger partial charge in [0.05, 0.1) is 11.6 Å². The molecule has 3 amide bonds. The zero-order valence-corrected chi connectivity index (χ0v) is 16.6. The molecule has 1 N–H and O–H groups in total. The van der Waals surface area contributed by atoms with Gasteiger partial charge in [0.2, 0.25) is 5.91 Å². The van der Waals surface area contributed by atoms with Crippen LogP contribution in [0, 0.1) is 5.92 Å². The van der Waals surface area contributed by atoms with Crippen LogP contribution in [0.4, 0.5) is 18.0 Å². The highest BCUT2D eigenvalue weighted by Crippen LogP contribution is 2.32. The van der Waals surface area contributed by atoms with E-state index in [0.29, 0.717) is 37.9 Å². The number of hydrogen-bond acceptors (Lipinski definition) is 2. The number of benzene rings is 1. The van der Waals surface area contributed by atoms with Crippen molar-refractivity contribution < 1.29 is 22.8 Å². The second-order valence-corrected chi connectivity index (χ2v) is 7.41. The number of amides is 3. The Hall–Kier alpha value is -2.25. The maximum atomic E-state index is 13.0. The molecular formula is C20H28F3N3O2. The van der Waals surface area contributed by atoms with Crippen LogP contribution in [0.3, 0.4) is 0 Å². The van der Waals surface area contributed by atoms with E-state index in [2.05, 4.69) is 5.32 Å². The lowest BCUT2D eigenvalue weighted by atomic mass is 9.94. The number of nitrogens with zero attached hydrogens (tertiary/aromatic N) is 2. The van der Waals surface area contributed by atoms with Crippen molar-refractivity contribution in [2.24, 2.45) is 5.92 Å². The molecular weight excluding hydrogens is 371 g/mol. The summed E-state index contributed by atoms with van der Waals surface area (Å²) in [5.41, 5.74) is -0.249. The summed E-state index contributed by atoms with van der Waals surface area (Å²) in [6, 6.07) is 4.60. The van der Waals surface area contributed by atoms with Gasteiger partial charge in [0.15, 0.2) is 0 Å². The van der Waals surface area contributed by atoms with Crippen LogP contribution in [-0.2, 0) is 11.0 Å². The zero-order chi connectivity index (χ0) is 20.9. The third-order valence-corrected chi connectivity index (χ3v) is 5.03. The summed E-state index contributed by atoms with van der Waals surface area (Å²) in [6.45, 7) is 2.92. The van der Waals surface area contributed by atoms with E-state index in [4.69, 9.17) is 0 Å². The molecule has 1 saturated heterocycles. The maximum absolute atomic E-state index is 13.0. The summed E-state index contributed by atoms with van der Waals surface area (Å²) >= 11 is 0. The van der Waals surface area contributed by atoms with E-state index in [1.165, 1.54) is 11.0 Å². The van der Waals surface area contributed by atoms with Gasteiger partial charge in [-0.2, -0.15) is 13.2 Å². The van der Waals surface area contributed by atoms with Gasteiger partial charge in [0.25, 0.3) is 0 Å². The standard InChI is InChI=1S/C20H28F3N3O2/c1-4-6-17(15-7-5-8-16(13-15)20(21,22)23)24-18(27)14-9-11-26(12-10-14)19(28)25(2)3/h5,7-8,13-14,17H,4,6,9-12H2,1-3H3,(H,24,27). The van der Waals surface area contributed by atoms with Crippen molar-refractivity contribution in [3.05, 3.63) is 35.4 Å². The molecule has 0 aliphatic carbocycles. The summed E-state index contributed by atoms with van der Waals surface area (Å²) in [5.74, 6) is -0.399. The van der Waals surface area contributed by atoms with Gasteiger partial charge in [-0.3, -0.25) is 4.79 Å². The Morgan fingerprint density at radius 2 is 1.89 bits per heavy atom. The summed E-state index contributed by atoms with van der Waals surface area (Å²) in [6.07, 6.45) is -2.02. The lowest BCUT2D eigenvalue weighted by Gasteiger charge is -2.33. The number of carbonyl (C=O) groups excluding carboxylic acids is 2. The monoisotopic (exact) mass is 399 g/mol. The van der Waals surface area contributed by atoms with Crippen LogP contribution in [0.1, 0.15) is 49.8 Å². The molecule has 0 aromatic heterocycles. The molecule has 2 rings (SSSR count). The minimum absolute atomic E-state index is 0.0771. The van der Waals surface area contributed by atoms with Crippen LogP contribution in [-0.4, -0.2) is 48.9 Å². The maximum Gasteiger partial charge on any atom is 0.416 e. The van der Waals surface area contributed by atoms with E-state index in [9.17, 15) is 22.8 Å². The van der Waals surface area contributed by atoms with Gasteiger partial charge in [-0.15, -0.1) is 0 Å². The molecule has 0 bridgehead atoms. The fraction of sp³-hybridized carbons (Fsp3) is 0.600. The Labute approximate surface area is 163 Å². The average Bonchev–Trinajstić information content (AvgIpc) is 2.66. The van der Waals surface area contributed by atoms with E-state index in [0.717, 1.165) is 18.6 Å². The number of nitrogens with one attached hydrogen (secondary N) is 1. The number of carbonyl (C=O) groups is 2. The van der Waals surface area contributed by atoms with E-state index < -0.39 is 17.8 Å². The molecule has 0 spiro atoms. The summed E-state index contributed by atoms with van der Waals surface area (Å²) in [7, 11) is 3.37. The molecule has 1 aliphatic rings. The smallest absolute Gasteiger partial charge is 0.349 e. The van der Waals surface area contributed by atoms with Crippen molar-refractivity contribution in [1.82, 2.24) is 15.1 Å². The molecule has 1 atom stereocenters. The van der Waals surface area contributed by atoms with Crippen molar-refractivity contribution >= 4 is 11.9 Å². The molecule has 1 unspecified atom stereocenters. The van der Waals surface area contributed by atoms with Gasteiger partial charge in [0.1, 0.15) is 0 Å². The molecule has 1 heterocycles. The lowest BCUT2D eigenvalue weighted by Crippen LogP contribution is -2.46. The minimum Gasteiger partial charge on any atom is -0.349 e. The van der Waals surface area contributed by atoms with E-state index in [1.807, 2.05) is 6.92 Å². The molecule has 1 fully saturated rings. The van der Waals surface area contributed by atoms with Gasteiger partial charge in [-0.05, 0) is 37.0 Å².